The summed E-state index contributed by atoms with van der Waals surface area (Å²) in [5.41, 5.74) is 2.33. The minimum absolute atomic E-state index is 0.0672. The molecule has 0 aromatic carbocycles. The van der Waals surface area contributed by atoms with Gasteiger partial charge in [0.1, 0.15) is 12.9 Å². The standard InChI is InChI=1S/C15H24O2S/c1-5-7-9-14(15(18)8-6-2)12(3)13(4)17-11-10-16/h6,8,10,13,18H,2,5,7,9,11H2,1,3-4H3/b14-12-,15-8+. The molecule has 18 heavy (non-hydrogen) atoms. The van der Waals surface area contributed by atoms with Crippen LogP contribution >= 0.6 is 12.6 Å². The molecule has 0 saturated carbocycles. The second kappa shape index (κ2) is 10.2. The fraction of sp³-hybridized carbons (Fsp3) is 0.533. The molecule has 0 aromatic rings. The van der Waals surface area contributed by atoms with Gasteiger partial charge in [0.15, 0.2) is 0 Å². The van der Waals surface area contributed by atoms with Crippen molar-refractivity contribution in [3.8, 4) is 0 Å². The zero-order chi connectivity index (χ0) is 14.0. The van der Waals surface area contributed by atoms with Crippen LogP contribution in [0.3, 0.4) is 0 Å². The molecule has 0 aliphatic rings. The van der Waals surface area contributed by atoms with E-state index in [0.29, 0.717) is 0 Å². The molecule has 0 bridgehead atoms. The average molecular weight is 268 g/mol. The van der Waals surface area contributed by atoms with Crippen LogP contribution in [-0.2, 0) is 9.53 Å². The highest BCUT2D eigenvalue weighted by atomic mass is 32.1. The molecule has 0 heterocycles. The van der Waals surface area contributed by atoms with Gasteiger partial charge in [0.25, 0.3) is 0 Å². The lowest BCUT2D eigenvalue weighted by Gasteiger charge is -2.18. The Bertz CT molecular complexity index is 329. The maximum atomic E-state index is 10.3. The molecular weight excluding hydrogens is 244 g/mol. The largest absolute Gasteiger partial charge is 0.367 e. The first-order valence-corrected chi connectivity index (χ1v) is 6.80. The molecule has 0 saturated heterocycles. The average Bonchev–Trinajstić information content (AvgIpc) is 2.36. The minimum atomic E-state index is -0.0672. The zero-order valence-electron chi connectivity index (χ0n) is 11.6. The van der Waals surface area contributed by atoms with Gasteiger partial charge < -0.3 is 9.53 Å². The van der Waals surface area contributed by atoms with Crippen LogP contribution in [0.4, 0.5) is 0 Å². The predicted molar refractivity (Wildman–Crippen MR) is 81.0 cm³/mol. The van der Waals surface area contributed by atoms with Gasteiger partial charge in [-0.1, -0.05) is 26.0 Å². The Labute approximate surface area is 116 Å². The van der Waals surface area contributed by atoms with Crippen LogP contribution in [0.2, 0.25) is 0 Å². The first kappa shape index (κ1) is 17.2. The number of allylic oxidation sites excluding steroid dienone is 3. The number of carbonyl (C=O) groups is 1. The summed E-state index contributed by atoms with van der Waals surface area (Å²) in [6, 6.07) is 0. The first-order chi connectivity index (χ1) is 8.58. The first-order valence-electron chi connectivity index (χ1n) is 6.35. The quantitative estimate of drug-likeness (QED) is 0.387. The van der Waals surface area contributed by atoms with Crippen molar-refractivity contribution in [2.45, 2.75) is 46.1 Å². The Balaban J connectivity index is 5.03. The van der Waals surface area contributed by atoms with E-state index in [-0.39, 0.29) is 12.7 Å². The van der Waals surface area contributed by atoms with Crippen molar-refractivity contribution in [3.05, 3.63) is 34.8 Å². The van der Waals surface area contributed by atoms with Crippen LogP contribution in [0.1, 0.15) is 40.0 Å². The molecule has 3 heteroatoms. The number of rotatable bonds is 9. The number of hydrogen-bond acceptors (Lipinski definition) is 3. The Kier molecular flexibility index (Phi) is 9.70. The molecule has 0 aromatic heterocycles. The van der Waals surface area contributed by atoms with Gasteiger partial charge >= 0.3 is 0 Å². The van der Waals surface area contributed by atoms with Crippen LogP contribution < -0.4 is 0 Å². The summed E-state index contributed by atoms with van der Waals surface area (Å²) >= 11 is 4.51. The summed E-state index contributed by atoms with van der Waals surface area (Å²) in [7, 11) is 0. The third-order valence-corrected chi connectivity index (χ3v) is 3.28. The van der Waals surface area contributed by atoms with E-state index >= 15 is 0 Å². The van der Waals surface area contributed by atoms with Gasteiger partial charge in [-0.05, 0) is 43.9 Å². The van der Waals surface area contributed by atoms with E-state index in [1.807, 2.05) is 19.9 Å². The van der Waals surface area contributed by atoms with Crippen LogP contribution in [-0.4, -0.2) is 19.0 Å². The maximum absolute atomic E-state index is 10.3. The number of hydrogen-bond donors (Lipinski definition) is 1. The fourth-order valence-electron chi connectivity index (χ4n) is 1.65. The lowest BCUT2D eigenvalue weighted by Crippen LogP contribution is -2.13. The second-order valence-corrected chi connectivity index (χ2v) is 4.68. The molecular formula is C15H24O2S. The van der Waals surface area contributed by atoms with Crippen molar-refractivity contribution >= 4 is 18.9 Å². The van der Waals surface area contributed by atoms with Crippen LogP contribution in [0.15, 0.2) is 34.8 Å². The maximum Gasteiger partial charge on any atom is 0.145 e. The van der Waals surface area contributed by atoms with Gasteiger partial charge in [-0.3, -0.25) is 0 Å². The Morgan fingerprint density at radius 2 is 2.17 bits per heavy atom. The Morgan fingerprint density at radius 1 is 1.50 bits per heavy atom. The predicted octanol–water partition coefficient (Wildman–Crippen LogP) is 4.10. The molecule has 102 valence electrons. The molecule has 0 rings (SSSR count). The summed E-state index contributed by atoms with van der Waals surface area (Å²) in [4.78, 5) is 11.3. The molecule has 0 N–H and O–H groups in total. The van der Waals surface area contributed by atoms with Crippen molar-refractivity contribution in [1.82, 2.24) is 0 Å². The molecule has 0 aliphatic carbocycles. The van der Waals surface area contributed by atoms with E-state index < -0.39 is 0 Å². The molecule has 0 spiro atoms. The van der Waals surface area contributed by atoms with E-state index in [0.717, 1.165) is 36.0 Å². The molecule has 0 radical (unpaired) electrons. The highest BCUT2D eigenvalue weighted by Gasteiger charge is 2.12. The summed E-state index contributed by atoms with van der Waals surface area (Å²) in [6.45, 7) is 9.98. The monoisotopic (exact) mass is 268 g/mol. The molecule has 1 atom stereocenters. The molecule has 1 unspecified atom stereocenters. The minimum Gasteiger partial charge on any atom is -0.367 e. The molecule has 2 nitrogen and oxygen atoms in total. The summed E-state index contributed by atoms with van der Waals surface area (Å²) in [5.74, 6) is 0. The van der Waals surface area contributed by atoms with Crippen molar-refractivity contribution in [1.29, 1.82) is 0 Å². The smallest absolute Gasteiger partial charge is 0.145 e. The van der Waals surface area contributed by atoms with E-state index in [1.54, 1.807) is 6.08 Å². The zero-order valence-corrected chi connectivity index (χ0v) is 12.5. The summed E-state index contributed by atoms with van der Waals surface area (Å²) in [5, 5.41) is 0. The van der Waals surface area contributed by atoms with Gasteiger partial charge in [0.2, 0.25) is 0 Å². The normalized spacial score (nSPS) is 15.0. The highest BCUT2D eigenvalue weighted by molar-refractivity contribution is 7.84. The van der Waals surface area contributed by atoms with Gasteiger partial charge in [-0.25, -0.2) is 0 Å². The third kappa shape index (κ3) is 6.22. The van der Waals surface area contributed by atoms with Gasteiger partial charge in [-0.15, -0.1) is 12.6 Å². The van der Waals surface area contributed by atoms with Crippen LogP contribution in [0, 0.1) is 0 Å². The SMILES string of the molecule is C=C/C=C(S)\C(CCCC)=C(\C)C(C)OCC=O. The Morgan fingerprint density at radius 3 is 2.67 bits per heavy atom. The number of thiol groups is 1. The fourth-order valence-corrected chi connectivity index (χ4v) is 2.04. The van der Waals surface area contributed by atoms with E-state index in [2.05, 4.69) is 26.1 Å². The Hall–Kier alpha value is -0.800. The van der Waals surface area contributed by atoms with Gasteiger partial charge in [0.05, 0.1) is 6.10 Å². The number of unbranched alkanes of at least 4 members (excludes halogenated alkanes) is 1. The number of ether oxygens (including phenoxy) is 1. The van der Waals surface area contributed by atoms with Crippen molar-refractivity contribution in [3.63, 3.8) is 0 Å². The van der Waals surface area contributed by atoms with Crippen molar-refractivity contribution < 1.29 is 9.53 Å². The van der Waals surface area contributed by atoms with Crippen LogP contribution in [0.5, 0.6) is 0 Å². The highest BCUT2D eigenvalue weighted by Crippen LogP contribution is 2.26. The number of aldehydes is 1. The van der Waals surface area contributed by atoms with Crippen molar-refractivity contribution in [2.24, 2.45) is 0 Å². The lowest BCUT2D eigenvalue weighted by molar-refractivity contribution is -0.112. The third-order valence-electron chi connectivity index (χ3n) is 2.87. The second-order valence-electron chi connectivity index (χ2n) is 4.19. The van der Waals surface area contributed by atoms with Gasteiger partial charge in [-0.2, -0.15) is 0 Å². The topological polar surface area (TPSA) is 26.3 Å². The molecule has 0 amide bonds. The van der Waals surface area contributed by atoms with Crippen LogP contribution in [0.25, 0.3) is 0 Å². The summed E-state index contributed by atoms with van der Waals surface area (Å²) in [6.07, 6.45) is 7.55. The van der Waals surface area contributed by atoms with Crippen molar-refractivity contribution in [2.75, 3.05) is 6.61 Å². The number of carbonyl (C=O) groups excluding carboxylic acids is 1. The van der Waals surface area contributed by atoms with E-state index in [9.17, 15) is 4.79 Å². The molecule has 0 aliphatic heterocycles. The van der Waals surface area contributed by atoms with E-state index in [1.165, 1.54) is 5.57 Å². The van der Waals surface area contributed by atoms with Gasteiger partial charge in [0, 0.05) is 4.91 Å². The lowest BCUT2D eigenvalue weighted by atomic mass is 9.99. The van der Waals surface area contributed by atoms with E-state index in [4.69, 9.17) is 4.74 Å². The molecule has 0 fully saturated rings. The summed E-state index contributed by atoms with van der Waals surface area (Å²) < 4.78 is 5.43.